The van der Waals surface area contributed by atoms with Crippen molar-refractivity contribution in [2.24, 2.45) is 4.40 Å². The van der Waals surface area contributed by atoms with Gasteiger partial charge in [-0.15, -0.1) is 4.09 Å². The quantitative estimate of drug-likeness (QED) is 0.791. The molecule has 0 amide bonds. The van der Waals surface area contributed by atoms with Gasteiger partial charge in [0.25, 0.3) is 0 Å². The Hall–Kier alpha value is -1.57. The number of aromatic nitrogens is 2. The molecule has 18 heavy (non-hydrogen) atoms. The molecule has 0 atom stereocenters. The first-order valence-corrected chi connectivity index (χ1v) is 7.14. The van der Waals surface area contributed by atoms with Gasteiger partial charge in [0, 0.05) is 18.7 Å². The molecule has 1 aliphatic rings. The van der Waals surface area contributed by atoms with Crippen molar-refractivity contribution in [3.8, 4) is 5.88 Å². The number of fused-ring (bicyclic) bond motifs is 1. The van der Waals surface area contributed by atoms with Crippen LogP contribution in [0.5, 0.6) is 5.88 Å². The summed E-state index contributed by atoms with van der Waals surface area (Å²) in [4.78, 5) is 1.74. The van der Waals surface area contributed by atoms with Crippen molar-refractivity contribution in [2.45, 2.75) is 27.7 Å². The topological polar surface area (TPSA) is 76.8 Å². The minimum Gasteiger partial charge on any atom is -0.405 e. The Morgan fingerprint density at radius 2 is 1.89 bits per heavy atom. The first-order chi connectivity index (χ1) is 8.40. The van der Waals surface area contributed by atoms with E-state index in [1.807, 2.05) is 13.8 Å². The SMILES string of the molecule is CCN(CC)C1=NS(=O)(=O)n2nc(C)c(C)c2O1. The molecule has 0 saturated heterocycles. The average Bonchev–Trinajstić information content (AvgIpc) is 2.59. The summed E-state index contributed by atoms with van der Waals surface area (Å²) in [7, 11) is -3.83. The van der Waals surface area contributed by atoms with Crippen molar-refractivity contribution in [3.05, 3.63) is 11.3 Å². The van der Waals surface area contributed by atoms with Crippen LogP contribution in [0.4, 0.5) is 0 Å². The molecule has 0 spiro atoms. The van der Waals surface area contributed by atoms with Gasteiger partial charge in [0.05, 0.1) is 5.69 Å². The van der Waals surface area contributed by atoms with Gasteiger partial charge in [-0.05, 0) is 27.7 Å². The van der Waals surface area contributed by atoms with E-state index in [-0.39, 0.29) is 11.9 Å². The van der Waals surface area contributed by atoms with Crippen molar-refractivity contribution < 1.29 is 13.2 Å². The fourth-order valence-electron chi connectivity index (χ4n) is 1.69. The largest absolute Gasteiger partial charge is 0.405 e. The number of aryl methyl sites for hydroxylation is 1. The number of ether oxygens (including phenoxy) is 1. The van der Waals surface area contributed by atoms with Gasteiger partial charge in [-0.3, -0.25) is 0 Å². The van der Waals surface area contributed by atoms with Gasteiger partial charge >= 0.3 is 16.2 Å². The molecule has 1 aromatic heterocycles. The maximum Gasteiger partial charge on any atom is 0.371 e. The lowest BCUT2D eigenvalue weighted by Gasteiger charge is -2.24. The predicted octanol–water partition coefficient (Wildman–Crippen LogP) is 0.683. The van der Waals surface area contributed by atoms with E-state index in [0.717, 1.165) is 4.09 Å². The molecule has 0 unspecified atom stereocenters. The zero-order chi connectivity index (χ0) is 13.5. The highest BCUT2D eigenvalue weighted by atomic mass is 32.2. The van der Waals surface area contributed by atoms with Gasteiger partial charge in [-0.25, -0.2) is 0 Å². The predicted molar refractivity (Wildman–Crippen MR) is 67.0 cm³/mol. The molecule has 7 nitrogen and oxygen atoms in total. The molecule has 0 radical (unpaired) electrons. The van der Waals surface area contributed by atoms with E-state index < -0.39 is 10.2 Å². The Morgan fingerprint density at radius 3 is 2.44 bits per heavy atom. The molecule has 8 heteroatoms. The number of rotatable bonds is 2. The van der Waals surface area contributed by atoms with Crippen molar-refractivity contribution >= 4 is 16.2 Å². The van der Waals surface area contributed by atoms with Gasteiger partial charge in [0.2, 0.25) is 5.88 Å². The Bertz CT molecular complexity index is 599. The standard InChI is InChI=1S/C10H16N4O3S/c1-5-13(6-2)10-12-18(15,16)14-9(17-10)7(3)8(4)11-14/h5-6H2,1-4H3. The minimum absolute atomic E-state index is 0.107. The summed E-state index contributed by atoms with van der Waals surface area (Å²) in [5, 5.41) is 3.93. The Balaban J connectivity index is 2.54. The molecule has 2 rings (SSSR count). The lowest BCUT2D eigenvalue weighted by atomic mass is 10.3. The molecule has 0 N–H and O–H groups in total. The number of amidine groups is 1. The fraction of sp³-hybridized carbons (Fsp3) is 0.600. The molecule has 100 valence electrons. The third-order valence-electron chi connectivity index (χ3n) is 2.91. The number of hydrogen-bond acceptors (Lipinski definition) is 5. The number of hydrogen-bond donors (Lipinski definition) is 0. The minimum atomic E-state index is -3.83. The van der Waals surface area contributed by atoms with Crippen LogP contribution >= 0.6 is 0 Å². The summed E-state index contributed by atoms with van der Waals surface area (Å²) >= 11 is 0. The molecule has 0 aromatic carbocycles. The molecule has 2 heterocycles. The van der Waals surface area contributed by atoms with Gasteiger partial charge in [0.1, 0.15) is 0 Å². The fourth-order valence-corrected chi connectivity index (χ4v) is 2.72. The Morgan fingerprint density at radius 1 is 1.28 bits per heavy atom. The molecule has 0 fully saturated rings. The second kappa shape index (κ2) is 4.27. The third-order valence-corrected chi connectivity index (χ3v) is 3.98. The molecule has 1 aliphatic heterocycles. The zero-order valence-corrected chi connectivity index (χ0v) is 11.7. The van der Waals surface area contributed by atoms with E-state index in [1.165, 1.54) is 0 Å². The van der Waals surface area contributed by atoms with Crippen LogP contribution in [0.2, 0.25) is 0 Å². The van der Waals surface area contributed by atoms with Crippen LogP contribution in [0.3, 0.4) is 0 Å². The second-order valence-corrected chi connectivity index (χ2v) is 5.41. The summed E-state index contributed by atoms with van der Waals surface area (Å²) in [6.07, 6.45) is 0. The lowest BCUT2D eigenvalue weighted by molar-refractivity contribution is 0.349. The van der Waals surface area contributed by atoms with Gasteiger partial charge in [0.15, 0.2) is 0 Å². The van der Waals surface area contributed by atoms with E-state index in [4.69, 9.17) is 4.74 Å². The highest BCUT2D eigenvalue weighted by molar-refractivity contribution is 7.88. The van der Waals surface area contributed by atoms with E-state index in [9.17, 15) is 8.42 Å². The first-order valence-electron chi connectivity index (χ1n) is 5.75. The maximum atomic E-state index is 12.0. The van der Waals surface area contributed by atoms with Crippen molar-refractivity contribution in [1.82, 2.24) is 14.1 Å². The molecule has 0 saturated carbocycles. The van der Waals surface area contributed by atoms with Gasteiger partial charge < -0.3 is 9.64 Å². The van der Waals surface area contributed by atoms with Crippen molar-refractivity contribution in [1.29, 1.82) is 0 Å². The smallest absolute Gasteiger partial charge is 0.371 e. The Kier molecular flexibility index (Phi) is 3.05. The lowest BCUT2D eigenvalue weighted by Crippen LogP contribution is -2.39. The third kappa shape index (κ3) is 1.86. The number of nitrogens with zero attached hydrogens (tertiary/aromatic N) is 4. The van der Waals surface area contributed by atoms with Crippen LogP contribution in [0.1, 0.15) is 25.1 Å². The van der Waals surface area contributed by atoms with E-state index in [1.54, 1.807) is 18.7 Å². The maximum absolute atomic E-state index is 12.0. The average molecular weight is 272 g/mol. The van der Waals surface area contributed by atoms with Crippen LogP contribution in [0, 0.1) is 13.8 Å². The summed E-state index contributed by atoms with van der Waals surface area (Å²) in [5.41, 5.74) is 1.32. The second-order valence-electron chi connectivity index (χ2n) is 3.98. The monoisotopic (exact) mass is 272 g/mol. The molecule has 0 bridgehead atoms. The summed E-state index contributed by atoms with van der Waals surface area (Å²) < 4.78 is 34.0. The van der Waals surface area contributed by atoms with Crippen LogP contribution in [0.15, 0.2) is 4.40 Å². The van der Waals surface area contributed by atoms with Crippen LogP contribution in [0.25, 0.3) is 0 Å². The molecular weight excluding hydrogens is 256 g/mol. The summed E-state index contributed by atoms with van der Waals surface area (Å²) in [6, 6.07) is 0.107. The molecular formula is C10H16N4O3S. The zero-order valence-electron chi connectivity index (χ0n) is 10.8. The molecule has 1 aromatic rings. The summed E-state index contributed by atoms with van der Waals surface area (Å²) in [5.74, 6) is 0.226. The molecule has 0 aliphatic carbocycles. The van der Waals surface area contributed by atoms with E-state index in [0.29, 0.717) is 24.3 Å². The summed E-state index contributed by atoms with van der Waals surface area (Å²) in [6.45, 7) is 8.57. The van der Waals surface area contributed by atoms with Gasteiger partial charge in [-0.1, -0.05) is 4.40 Å². The van der Waals surface area contributed by atoms with E-state index >= 15 is 0 Å². The highest BCUT2D eigenvalue weighted by Gasteiger charge is 2.31. The normalized spacial score (nSPS) is 16.8. The van der Waals surface area contributed by atoms with Crippen molar-refractivity contribution in [2.75, 3.05) is 13.1 Å². The van der Waals surface area contributed by atoms with Gasteiger partial charge in [-0.2, -0.15) is 13.5 Å². The Labute approximate surface area is 106 Å². The van der Waals surface area contributed by atoms with Crippen LogP contribution in [-0.2, 0) is 10.2 Å². The van der Waals surface area contributed by atoms with Crippen LogP contribution in [-0.4, -0.2) is 41.6 Å². The van der Waals surface area contributed by atoms with Crippen molar-refractivity contribution in [3.63, 3.8) is 0 Å². The van der Waals surface area contributed by atoms with E-state index in [2.05, 4.69) is 9.50 Å². The highest BCUT2D eigenvalue weighted by Crippen LogP contribution is 2.27. The first kappa shape index (κ1) is 12.9. The van der Waals surface area contributed by atoms with Crippen LogP contribution < -0.4 is 4.74 Å².